The van der Waals surface area contributed by atoms with Crippen LogP contribution >= 0.6 is 0 Å². The molecular weight excluding hydrogens is 346 g/mol. The van der Waals surface area contributed by atoms with Crippen LogP contribution in [0, 0.1) is 12.3 Å². The highest BCUT2D eigenvalue weighted by atomic mass is 32.2. The molecule has 0 bridgehead atoms. The second-order valence-corrected chi connectivity index (χ2v) is 7.27. The van der Waals surface area contributed by atoms with Gasteiger partial charge in [-0.1, -0.05) is 30.3 Å². The third-order valence-electron chi connectivity index (χ3n) is 3.93. The summed E-state index contributed by atoms with van der Waals surface area (Å²) < 4.78 is 21.7. The fourth-order valence-corrected chi connectivity index (χ4v) is 3.28. The van der Waals surface area contributed by atoms with Gasteiger partial charge in [0, 0.05) is 11.4 Å². The second-order valence-electron chi connectivity index (χ2n) is 6.29. The summed E-state index contributed by atoms with van der Waals surface area (Å²) in [4.78, 5) is 0. The van der Waals surface area contributed by atoms with Crippen LogP contribution in [-0.4, -0.2) is 24.7 Å². The quantitative estimate of drug-likeness (QED) is 0.537. The lowest BCUT2D eigenvalue weighted by atomic mass is 10.0. The summed E-state index contributed by atoms with van der Waals surface area (Å²) in [6, 6.07) is 13.6. The number of benzene rings is 2. The lowest BCUT2D eigenvalue weighted by Gasteiger charge is -2.14. The van der Waals surface area contributed by atoms with E-state index in [1.807, 2.05) is 56.3 Å². The van der Waals surface area contributed by atoms with E-state index in [0.717, 1.165) is 33.3 Å². The van der Waals surface area contributed by atoms with Crippen molar-refractivity contribution in [3.63, 3.8) is 0 Å². The summed E-state index contributed by atoms with van der Waals surface area (Å²) in [6.45, 7) is 4.08. The van der Waals surface area contributed by atoms with Gasteiger partial charge in [0.05, 0.1) is 17.0 Å². The molecule has 2 aromatic carbocycles. The molecule has 3 aromatic rings. The molecule has 0 amide bonds. The Bertz CT molecular complexity index is 1060. The normalized spacial score (nSPS) is 11.0. The summed E-state index contributed by atoms with van der Waals surface area (Å²) in [6.07, 6.45) is 5.55. The average Bonchev–Trinajstić information content (AvgIpc) is 2.61. The molecule has 0 fully saturated rings. The molecule has 0 aliphatic heterocycles. The van der Waals surface area contributed by atoms with Gasteiger partial charge in [-0.2, -0.15) is 0 Å². The van der Waals surface area contributed by atoms with Gasteiger partial charge in [-0.3, -0.25) is 0 Å². The second kappa shape index (κ2) is 7.54. The summed E-state index contributed by atoms with van der Waals surface area (Å²) in [7, 11) is -2.42. The Labute approximate surface area is 154 Å². The van der Waals surface area contributed by atoms with Gasteiger partial charge in [0.1, 0.15) is 10.7 Å². The zero-order valence-corrected chi connectivity index (χ0v) is 15.5. The molecule has 1 N–H and O–H groups in total. The Morgan fingerprint density at radius 3 is 2.38 bits per heavy atom. The first-order chi connectivity index (χ1) is 12.5. The van der Waals surface area contributed by atoms with Crippen molar-refractivity contribution in [2.75, 3.05) is 5.32 Å². The molecule has 0 aliphatic rings. The molecule has 3 rings (SSSR count). The van der Waals surface area contributed by atoms with Crippen molar-refractivity contribution < 1.29 is 8.42 Å². The van der Waals surface area contributed by atoms with Gasteiger partial charge in [-0.05, 0) is 48.6 Å². The Kier molecular flexibility index (Phi) is 5.19. The number of thiol groups is 1. The minimum absolute atomic E-state index is 0.0535. The topological polar surface area (TPSA) is 72.0 Å². The molecule has 0 saturated carbocycles. The maximum absolute atomic E-state index is 10.8. The van der Waals surface area contributed by atoms with Crippen LogP contribution in [0.4, 0.5) is 5.69 Å². The number of anilines is 1. The van der Waals surface area contributed by atoms with Crippen LogP contribution in [0.1, 0.15) is 25.1 Å². The molecule has 1 heterocycles. The molecule has 6 heteroatoms. The van der Waals surface area contributed by atoms with Crippen LogP contribution < -0.4 is 5.32 Å². The van der Waals surface area contributed by atoms with E-state index in [0.29, 0.717) is 5.69 Å². The number of nitrogens with one attached hydrogen (secondary N) is 1. The molecule has 0 saturated heterocycles. The maximum Gasteiger partial charge on any atom is 0.159 e. The van der Waals surface area contributed by atoms with E-state index in [4.69, 9.17) is 6.42 Å². The molecule has 132 valence electrons. The maximum atomic E-state index is 10.8. The van der Waals surface area contributed by atoms with E-state index in [1.165, 1.54) is 0 Å². The van der Waals surface area contributed by atoms with Gasteiger partial charge in [0.25, 0.3) is 0 Å². The van der Waals surface area contributed by atoms with Crippen LogP contribution in [-0.2, 0) is 16.5 Å². The van der Waals surface area contributed by atoms with Gasteiger partial charge < -0.3 is 5.32 Å². The molecule has 26 heavy (non-hydrogen) atoms. The Morgan fingerprint density at radius 2 is 1.77 bits per heavy atom. The minimum Gasteiger partial charge on any atom is -0.380 e. The Balaban J connectivity index is 2.03. The predicted octanol–water partition coefficient (Wildman–Crippen LogP) is 3.21. The first-order valence-electron chi connectivity index (χ1n) is 8.22. The number of hydrogen-bond acceptors (Lipinski definition) is 5. The van der Waals surface area contributed by atoms with Gasteiger partial charge in [-0.15, -0.1) is 16.6 Å². The van der Waals surface area contributed by atoms with E-state index in [2.05, 4.69) is 21.4 Å². The highest BCUT2D eigenvalue weighted by molar-refractivity contribution is 7.71. The van der Waals surface area contributed by atoms with E-state index in [-0.39, 0.29) is 11.8 Å². The first-order valence-corrected chi connectivity index (χ1v) is 9.59. The average molecular weight is 365 g/mol. The summed E-state index contributed by atoms with van der Waals surface area (Å²) in [5, 5.41) is 12.7. The fraction of sp³-hybridized carbons (Fsp3) is 0.200. The number of rotatable bonds is 5. The van der Waals surface area contributed by atoms with Crippen LogP contribution in [0.25, 0.3) is 22.0 Å². The van der Waals surface area contributed by atoms with Gasteiger partial charge in [0.2, 0.25) is 0 Å². The first kappa shape index (κ1) is 17.9. The molecule has 0 aliphatic carbocycles. The summed E-state index contributed by atoms with van der Waals surface area (Å²) >= 11 is 0. The van der Waals surface area contributed by atoms with Crippen molar-refractivity contribution in [3.05, 3.63) is 53.7 Å². The number of fused-ring (bicyclic) bond motifs is 1. The lowest BCUT2D eigenvalue weighted by molar-refractivity contribution is 0.614. The van der Waals surface area contributed by atoms with Crippen molar-refractivity contribution in [1.82, 2.24) is 10.2 Å². The summed E-state index contributed by atoms with van der Waals surface area (Å²) in [5.41, 5.74) is 4.79. The number of aromatic nitrogens is 2. The Morgan fingerprint density at radius 1 is 1.08 bits per heavy atom. The molecule has 5 nitrogen and oxygen atoms in total. The molecule has 1 aromatic heterocycles. The van der Waals surface area contributed by atoms with E-state index >= 15 is 0 Å². The van der Waals surface area contributed by atoms with Crippen LogP contribution in [0.2, 0.25) is 0 Å². The van der Waals surface area contributed by atoms with E-state index < -0.39 is 10.7 Å². The molecule has 0 spiro atoms. The van der Waals surface area contributed by atoms with Crippen LogP contribution in [0.5, 0.6) is 0 Å². The van der Waals surface area contributed by atoms with E-state index in [9.17, 15) is 8.42 Å². The highest BCUT2D eigenvalue weighted by Crippen LogP contribution is 2.29. The standard InChI is InChI=1S/C20H19N3O2S/c1-4-18-20(21-13(2)3)17-10-9-16(11-19(17)23-22-18)15-7-5-14(6-8-15)12-26(24)25/h1,5-11,13,26H,12H2,2-3H3,(H,21,23). The number of terminal acetylenes is 1. The van der Waals surface area contributed by atoms with Crippen molar-refractivity contribution in [1.29, 1.82) is 0 Å². The SMILES string of the molecule is C#Cc1nnc2cc(-c3ccc(C[SH](=O)=O)cc3)ccc2c1NC(C)C. The minimum atomic E-state index is -2.42. The Hall–Kier alpha value is -2.91. The lowest BCUT2D eigenvalue weighted by Crippen LogP contribution is -2.12. The zero-order valence-electron chi connectivity index (χ0n) is 14.6. The molecule has 0 unspecified atom stereocenters. The van der Waals surface area contributed by atoms with Crippen LogP contribution in [0.3, 0.4) is 0 Å². The largest absolute Gasteiger partial charge is 0.380 e. The molecule has 0 radical (unpaired) electrons. The van der Waals surface area contributed by atoms with Crippen molar-refractivity contribution >= 4 is 27.3 Å². The number of nitrogens with zero attached hydrogens (tertiary/aromatic N) is 2. The smallest absolute Gasteiger partial charge is 0.159 e. The van der Waals surface area contributed by atoms with Crippen molar-refractivity contribution in [2.24, 2.45) is 0 Å². The molecule has 0 atom stereocenters. The fourth-order valence-electron chi connectivity index (χ4n) is 2.77. The highest BCUT2D eigenvalue weighted by Gasteiger charge is 2.11. The zero-order chi connectivity index (χ0) is 18.7. The summed E-state index contributed by atoms with van der Waals surface area (Å²) in [5.74, 6) is 2.63. The van der Waals surface area contributed by atoms with Crippen LogP contribution in [0.15, 0.2) is 42.5 Å². The predicted molar refractivity (Wildman–Crippen MR) is 106 cm³/mol. The third-order valence-corrected chi connectivity index (χ3v) is 4.55. The van der Waals surface area contributed by atoms with Gasteiger partial charge in [-0.25, -0.2) is 8.42 Å². The molecular formula is C20H19N3O2S. The van der Waals surface area contributed by atoms with E-state index in [1.54, 1.807) is 0 Å². The monoisotopic (exact) mass is 365 g/mol. The number of hydrogen-bond donors (Lipinski definition) is 2. The van der Waals surface area contributed by atoms with Crippen molar-refractivity contribution in [2.45, 2.75) is 25.6 Å². The van der Waals surface area contributed by atoms with Gasteiger partial charge in [0.15, 0.2) is 5.69 Å². The van der Waals surface area contributed by atoms with Crippen molar-refractivity contribution in [3.8, 4) is 23.5 Å². The third kappa shape index (κ3) is 3.84. The van der Waals surface area contributed by atoms with Gasteiger partial charge >= 0.3 is 0 Å².